The maximum atomic E-state index is 12.8. The van der Waals surface area contributed by atoms with E-state index in [1.165, 1.54) is 10.6 Å². The second kappa shape index (κ2) is 6.81. The molecule has 140 valence electrons. The van der Waals surface area contributed by atoms with E-state index < -0.39 is 11.4 Å². The summed E-state index contributed by atoms with van der Waals surface area (Å²) in [6, 6.07) is 19.0. The molecular formula is C22H19N3O3. The number of nitrogens with one attached hydrogen (secondary N) is 1. The number of aromatic nitrogens is 1. The zero-order chi connectivity index (χ0) is 19.7. The molecular weight excluding hydrogens is 354 g/mol. The number of nitrogens with two attached hydrogens (primary N) is 1. The van der Waals surface area contributed by atoms with Crippen LogP contribution in [0.1, 0.15) is 27.9 Å². The summed E-state index contributed by atoms with van der Waals surface area (Å²) in [4.78, 5) is 37.1. The van der Waals surface area contributed by atoms with Gasteiger partial charge in [-0.05, 0) is 54.3 Å². The van der Waals surface area contributed by atoms with Crippen molar-refractivity contribution in [1.29, 1.82) is 0 Å². The molecule has 3 aromatic rings. The lowest BCUT2D eigenvalue weighted by Gasteiger charge is -2.28. The summed E-state index contributed by atoms with van der Waals surface area (Å²) < 4.78 is 1.49. The normalized spacial score (nSPS) is 17.7. The van der Waals surface area contributed by atoms with Crippen LogP contribution in [0.3, 0.4) is 0 Å². The van der Waals surface area contributed by atoms with Crippen molar-refractivity contribution in [2.45, 2.75) is 18.4 Å². The molecule has 2 aromatic carbocycles. The van der Waals surface area contributed by atoms with E-state index in [9.17, 15) is 14.4 Å². The number of hydrogen-bond acceptors (Lipinski definition) is 3. The molecule has 28 heavy (non-hydrogen) atoms. The van der Waals surface area contributed by atoms with E-state index in [1.807, 2.05) is 24.3 Å². The minimum atomic E-state index is -1.21. The molecule has 3 N–H and O–H groups in total. The third-order valence-corrected chi connectivity index (χ3v) is 5.22. The molecule has 0 saturated carbocycles. The zero-order valence-corrected chi connectivity index (χ0v) is 15.1. The van der Waals surface area contributed by atoms with Gasteiger partial charge in [-0.3, -0.25) is 19.0 Å². The van der Waals surface area contributed by atoms with Crippen LogP contribution in [0.2, 0.25) is 0 Å². The first kappa shape index (κ1) is 17.7. The predicted molar refractivity (Wildman–Crippen MR) is 105 cm³/mol. The summed E-state index contributed by atoms with van der Waals surface area (Å²) in [7, 11) is 0. The molecule has 6 nitrogen and oxygen atoms in total. The quantitative estimate of drug-likeness (QED) is 0.731. The maximum absolute atomic E-state index is 12.8. The average molecular weight is 373 g/mol. The second-order valence-electron chi connectivity index (χ2n) is 6.84. The first-order chi connectivity index (χ1) is 13.5. The highest BCUT2D eigenvalue weighted by molar-refractivity contribution is 6.00. The third kappa shape index (κ3) is 2.89. The van der Waals surface area contributed by atoms with Gasteiger partial charge in [0.25, 0.3) is 11.5 Å². The lowest BCUT2D eigenvalue weighted by atomic mass is 9.90. The molecule has 1 aliphatic carbocycles. The fourth-order valence-electron chi connectivity index (χ4n) is 3.74. The minimum Gasteiger partial charge on any atom is -0.367 e. The summed E-state index contributed by atoms with van der Waals surface area (Å²) in [6.07, 6.45) is 2.77. The summed E-state index contributed by atoms with van der Waals surface area (Å²) in [5, 5.41) is 2.85. The van der Waals surface area contributed by atoms with Crippen molar-refractivity contribution >= 4 is 11.8 Å². The van der Waals surface area contributed by atoms with Crippen LogP contribution in [0.4, 0.5) is 0 Å². The van der Waals surface area contributed by atoms with E-state index in [-0.39, 0.29) is 11.5 Å². The second-order valence-corrected chi connectivity index (χ2v) is 6.84. The Morgan fingerprint density at radius 1 is 0.964 bits per heavy atom. The number of carbonyl (C=O) groups is 2. The monoisotopic (exact) mass is 373 g/mol. The van der Waals surface area contributed by atoms with Crippen LogP contribution < -0.4 is 16.6 Å². The van der Waals surface area contributed by atoms with Crippen LogP contribution in [0, 0.1) is 0 Å². The van der Waals surface area contributed by atoms with E-state index in [4.69, 9.17) is 5.73 Å². The molecule has 6 heteroatoms. The molecule has 0 radical (unpaired) electrons. The number of fused-ring (bicyclic) bond motifs is 1. The first-order valence-corrected chi connectivity index (χ1v) is 9.00. The summed E-state index contributed by atoms with van der Waals surface area (Å²) in [5.41, 5.74) is 7.14. The Kier molecular flexibility index (Phi) is 4.31. The molecule has 2 amide bonds. The Balaban J connectivity index is 1.62. The highest BCUT2D eigenvalue weighted by atomic mass is 16.2. The Hall–Kier alpha value is -3.67. The Bertz CT molecular complexity index is 1120. The van der Waals surface area contributed by atoms with E-state index >= 15 is 0 Å². The number of carbonyl (C=O) groups excluding carboxylic acids is 2. The summed E-state index contributed by atoms with van der Waals surface area (Å²) >= 11 is 0. The Morgan fingerprint density at radius 3 is 2.39 bits per heavy atom. The van der Waals surface area contributed by atoms with Gasteiger partial charge < -0.3 is 11.1 Å². The van der Waals surface area contributed by atoms with E-state index in [1.54, 1.807) is 42.6 Å². The van der Waals surface area contributed by atoms with Gasteiger partial charge in [-0.15, -0.1) is 0 Å². The van der Waals surface area contributed by atoms with Gasteiger partial charge in [0.1, 0.15) is 5.54 Å². The molecule has 0 aliphatic heterocycles. The Morgan fingerprint density at radius 2 is 1.68 bits per heavy atom. The molecule has 0 bridgehead atoms. The van der Waals surface area contributed by atoms with Gasteiger partial charge in [-0.2, -0.15) is 0 Å². The predicted octanol–water partition coefficient (Wildman–Crippen LogP) is 1.89. The van der Waals surface area contributed by atoms with Crippen molar-refractivity contribution in [3.63, 3.8) is 0 Å². The highest BCUT2D eigenvalue weighted by Crippen LogP contribution is 2.37. The van der Waals surface area contributed by atoms with Gasteiger partial charge in [-0.25, -0.2) is 0 Å². The smallest absolute Gasteiger partial charge is 0.255 e. The highest BCUT2D eigenvalue weighted by Gasteiger charge is 2.45. The number of benzene rings is 2. The van der Waals surface area contributed by atoms with Crippen LogP contribution in [-0.4, -0.2) is 16.4 Å². The van der Waals surface area contributed by atoms with Crippen molar-refractivity contribution in [1.82, 2.24) is 9.88 Å². The number of amides is 2. The molecule has 0 spiro atoms. The minimum absolute atomic E-state index is 0.157. The number of hydrogen-bond donors (Lipinski definition) is 2. The summed E-state index contributed by atoms with van der Waals surface area (Å²) in [6.45, 7) is 0. The van der Waals surface area contributed by atoms with Gasteiger partial charge in [0.2, 0.25) is 5.91 Å². The number of nitrogens with zero attached hydrogens (tertiary/aromatic N) is 1. The van der Waals surface area contributed by atoms with E-state index in [0.29, 0.717) is 24.1 Å². The fourth-order valence-corrected chi connectivity index (χ4v) is 3.74. The number of rotatable bonds is 4. The van der Waals surface area contributed by atoms with Crippen LogP contribution in [0.15, 0.2) is 77.7 Å². The lowest BCUT2D eigenvalue weighted by molar-refractivity contribution is -0.124. The van der Waals surface area contributed by atoms with Crippen molar-refractivity contribution < 1.29 is 9.59 Å². The fraction of sp³-hybridized carbons (Fsp3) is 0.136. The first-order valence-electron chi connectivity index (χ1n) is 9.00. The van der Waals surface area contributed by atoms with Gasteiger partial charge in [0, 0.05) is 23.5 Å². The van der Waals surface area contributed by atoms with Crippen LogP contribution in [0.25, 0.3) is 5.69 Å². The van der Waals surface area contributed by atoms with Gasteiger partial charge in [0.05, 0.1) is 0 Å². The summed E-state index contributed by atoms with van der Waals surface area (Å²) in [5.74, 6) is -0.958. The van der Waals surface area contributed by atoms with Crippen molar-refractivity contribution in [3.8, 4) is 5.69 Å². The average Bonchev–Trinajstić information content (AvgIpc) is 3.08. The molecule has 0 fully saturated rings. The largest absolute Gasteiger partial charge is 0.367 e. The van der Waals surface area contributed by atoms with Gasteiger partial charge in [-0.1, -0.05) is 30.3 Å². The molecule has 1 aliphatic rings. The third-order valence-electron chi connectivity index (χ3n) is 5.22. The number of aryl methyl sites for hydroxylation is 1. The van der Waals surface area contributed by atoms with E-state index in [0.717, 1.165) is 11.1 Å². The molecule has 1 aromatic heterocycles. The number of pyridine rings is 1. The van der Waals surface area contributed by atoms with Crippen LogP contribution in [0.5, 0.6) is 0 Å². The SMILES string of the molecule is NC(=O)C1(NC(=O)c2ccc(-n3ccccc3=O)cc2)CCc2ccccc21. The molecule has 1 atom stereocenters. The molecule has 4 rings (SSSR count). The van der Waals surface area contributed by atoms with Crippen molar-refractivity contribution in [2.24, 2.45) is 5.73 Å². The van der Waals surface area contributed by atoms with Crippen molar-refractivity contribution in [3.05, 3.63) is 100.0 Å². The maximum Gasteiger partial charge on any atom is 0.255 e. The molecule has 1 unspecified atom stereocenters. The standard InChI is InChI=1S/C22H19N3O3/c23-21(28)22(13-12-15-5-1-2-6-18(15)22)24-20(27)16-8-10-17(11-9-16)25-14-4-3-7-19(25)26/h1-11,14H,12-13H2,(H2,23,28)(H,24,27). The van der Waals surface area contributed by atoms with E-state index in [2.05, 4.69) is 5.32 Å². The lowest BCUT2D eigenvalue weighted by Crippen LogP contribution is -2.53. The zero-order valence-electron chi connectivity index (χ0n) is 15.1. The topological polar surface area (TPSA) is 94.2 Å². The van der Waals surface area contributed by atoms with Crippen LogP contribution >= 0.6 is 0 Å². The molecule has 1 heterocycles. The van der Waals surface area contributed by atoms with Gasteiger partial charge in [0.15, 0.2) is 0 Å². The number of primary amides is 1. The van der Waals surface area contributed by atoms with Gasteiger partial charge >= 0.3 is 0 Å². The van der Waals surface area contributed by atoms with Crippen LogP contribution in [-0.2, 0) is 16.8 Å². The van der Waals surface area contributed by atoms with Crippen molar-refractivity contribution in [2.75, 3.05) is 0 Å². The molecule has 0 saturated heterocycles. The Labute approximate surface area is 161 Å².